The van der Waals surface area contributed by atoms with Gasteiger partial charge in [0.1, 0.15) is 0 Å². The summed E-state index contributed by atoms with van der Waals surface area (Å²) in [7, 11) is -3.71. The molecule has 114 valence electrons. The molecule has 1 fully saturated rings. The number of ether oxygens (including phenoxy) is 1. The van der Waals surface area contributed by atoms with Gasteiger partial charge >= 0.3 is 0 Å². The number of nitrogens with one attached hydrogen (secondary N) is 1. The van der Waals surface area contributed by atoms with Crippen LogP contribution in [-0.4, -0.2) is 38.9 Å². The molecule has 1 aromatic rings. The standard InChI is InChI=1S/C14H18N2O4S/c15-8-5-12-1-3-13(4-2-12)21(18,19)16-14(11-17)6-9-20-10-7-14/h1-4,16-17H,5-7,9-11H2. The highest BCUT2D eigenvalue weighted by Crippen LogP contribution is 2.23. The second-order valence-corrected chi connectivity index (χ2v) is 6.82. The van der Waals surface area contributed by atoms with E-state index in [0.717, 1.165) is 5.56 Å². The molecule has 6 nitrogen and oxygen atoms in total. The lowest BCUT2D eigenvalue weighted by atomic mass is 9.93. The Hall–Kier alpha value is -1.46. The number of rotatable bonds is 5. The van der Waals surface area contributed by atoms with Crippen molar-refractivity contribution in [3.63, 3.8) is 0 Å². The van der Waals surface area contributed by atoms with E-state index >= 15 is 0 Å². The summed E-state index contributed by atoms with van der Waals surface area (Å²) in [6.07, 6.45) is 1.12. The van der Waals surface area contributed by atoms with Crippen LogP contribution in [0.15, 0.2) is 29.2 Å². The van der Waals surface area contributed by atoms with Gasteiger partial charge in [-0.05, 0) is 30.5 Å². The largest absolute Gasteiger partial charge is 0.394 e. The number of hydrogen-bond acceptors (Lipinski definition) is 5. The van der Waals surface area contributed by atoms with Crippen molar-refractivity contribution in [2.45, 2.75) is 29.7 Å². The maximum absolute atomic E-state index is 12.4. The van der Waals surface area contributed by atoms with Crippen LogP contribution in [0, 0.1) is 11.3 Å². The van der Waals surface area contributed by atoms with E-state index in [-0.39, 0.29) is 17.9 Å². The van der Waals surface area contributed by atoms with E-state index in [9.17, 15) is 13.5 Å². The van der Waals surface area contributed by atoms with E-state index in [1.807, 2.05) is 6.07 Å². The Morgan fingerprint density at radius 3 is 2.43 bits per heavy atom. The highest BCUT2D eigenvalue weighted by atomic mass is 32.2. The van der Waals surface area contributed by atoms with Crippen molar-refractivity contribution >= 4 is 10.0 Å². The van der Waals surface area contributed by atoms with Gasteiger partial charge in [0, 0.05) is 13.2 Å². The summed E-state index contributed by atoms with van der Waals surface area (Å²) >= 11 is 0. The van der Waals surface area contributed by atoms with E-state index in [2.05, 4.69) is 4.72 Å². The number of hydrogen-bond donors (Lipinski definition) is 2. The summed E-state index contributed by atoms with van der Waals surface area (Å²) in [6, 6.07) is 8.19. The monoisotopic (exact) mass is 310 g/mol. The van der Waals surface area contributed by atoms with Crippen molar-refractivity contribution in [3.05, 3.63) is 29.8 Å². The normalized spacial score (nSPS) is 18.1. The fraction of sp³-hybridized carbons (Fsp3) is 0.500. The zero-order valence-electron chi connectivity index (χ0n) is 11.6. The molecule has 0 saturated carbocycles. The third kappa shape index (κ3) is 3.80. The Labute approximate surface area is 124 Å². The van der Waals surface area contributed by atoms with Crippen LogP contribution in [0.25, 0.3) is 0 Å². The number of nitrogens with zero attached hydrogens (tertiary/aromatic N) is 1. The third-order valence-corrected chi connectivity index (χ3v) is 5.21. The molecule has 2 rings (SSSR count). The predicted octanol–water partition coefficient (Wildman–Crippen LogP) is 0.572. The van der Waals surface area contributed by atoms with E-state index in [0.29, 0.717) is 26.1 Å². The van der Waals surface area contributed by atoms with Crippen molar-refractivity contribution in [1.82, 2.24) is 4.72 Å². The Bertz CT molecular complexity index is 613. The van der Waals surface area contributed by atoms with Gasteiger partial charge in [-0.1, -0.05) is 12.1 Å². The lowest BCUT2D eigenvalue weighted by Gasteiger charge is -2.35. The molecule has 2 N–H and O–H groups in total. The first-order chi connectivity index (χ1) is 10.0. The molecule has 0 amide bonds. The fourth-order valence-electron chi connectivity index (χ4n) is 2.28. The molecule has 0 aromatic heterocycles. The Balaban J connectivity index is 2.19. The summed E-state index contributed by atoms with van der Waals surface area (Å²) in [5, 5.41) is 18.2. The van der Waals surface area contributed by atoms with Crippen LogP contribution in [0.1, 0.15) is 18.4 Å². The van der Waals surface area contributed by atoms with Crippen molar-refractivity contribution in [1.29, 1.82) is 5.26 Å². The van der Waals surface area contributed by atoms with Gasteiger partial charge in [0.15, 0.2) is 0 Å². The lowest BCUT2D eigenvalue weighted by molar-refractivity contribution is 0.0223. The molecule has 0 radical (unpaired) electrons. The van der Waals surface area contributed by atoms with E-state index < -0.39 is 15.6 Å². The number of nitriles is 1. The van der Waals surface area contributed by atoms with Crippen LogP contribution in [-0.2, 0) is 21.2 Å². The van der Waals surface area contributed by atoms with Crippen LogP contribution in [0.2, 0.25) is 0 Å². The van der Waals surface area contributed by atoms with Gasteiger partial charge in [-0.3, -0.25) is 0 Å². The summed E-state index contributed by atoms with van der Waals surface area (Å²) < 4.78 is 32.6. The molecule has 0 spiro atoms. The minimum atomic E-state index is -3.71. The minimum absolute atomic E-state index is 0.128. The van der Waals surface area contributed by atoms with E-state index in [4.69, 9.17) is 10.00 Å². The first-order valence-corrected chi connectivity index (χ1v) is 8.18. The van der Waals surface area contributed by atoms with Crippen LogP contribution < -0.4 is 4.72 Å². The zero-order chi connectivity index (χ0) is 15.3. The predicted molar refractivity (Wildman–Crippen MR) is 76.0 cm³/mol. The van der Waals surface area contributed by atoms with Crippen LogP contribution >= 0.6 is 0 Å². The molecular formula is C14H18N2O4S. The molecule has 1 aliphatic heterocycles. The highest BCUT2D eigenvalue weighted by molar-refractivity contribution is 7.89. The maximum atomic E-state index is 12.4. The van der Waals surface area contributed by atoms with Crippen molar-refractivity contribution in [2.75, 3.05) is 19.8 Å². The Morgan fingerprint density at radius 2 is 1.90 bits per heavy atom. The minimum Gasteiger partial charge on any atom is -0.394 e. The van der Waals surface area contributed by atoms with Crippen molar-refractivity contribution < 1.29 is 18.3 Å². The number of benzene rings is 1. The van der Waals surface area contributed by atoms with Crippen molar-refractivity contribution in [2.24, 2.45) is 0 Å². The molecule has 1 heterocycles. The van der Waals surface area contributed by atoms with Crippen LogP contribution in [0.5, 0.6) is 0 Å². The number of sulfonamides is 1. The topological polar surface area (TPSA) is 99.4 Å². The number of aliphatic hydroxyl groups excluding tert-OH is 1. The average Bonchev–Trinajstić information content (AvgIpc) is 2.49. The molecule has 1 aromatic carbocycles. The molecule has 21 heavy (non-hydrogen) atoms. The molecule has 0 aliphatic carbocycles. The fourth-order valence-corrected chi connectivity index (χ4v) is 3.73. The SMILES string of the molecule is N#CCc1ccc(S(=O)(=O)NC2(CO)CCOCC2)cc1. The van der Waals surface area contributed by atoms with E-state index in [1.165, 1.54) is 12.1 Å². The second kappa shape index (κ2) is 6.54. The van der Waals surface area contributed by atoms with Gasteiger partial charge in [-0.15, -0.1) is 0 Å². The zero-order valence-corrected chi connectivity index (χ0v) is 12.4. The Kier molecular flexibility index (Phi) is 4.96. The second-order valence-electron chi connectivity index (χ2n) is 5.14. The highest BCUT2D eigenvalue weighted by Gasteiger charge is 2.36. The van der Waals surface area contributed by atoms with Gasteiger partial charge in [0.2, 0.25) is 10.0 Å². The van der Waals surface area contributed by atoms with Crippen molar-refractivity contribution in [3.8, 4) is 6.07 Å². The lowest BCUT2D eigenvalue weighted by Crippen LogP contribution is -2.54. The maximum Gasteiger partial charge on any atom is 0.241 e. The van der Waals surface area contributed by atoms with Gasteiger partial charge in [-0.25, -0.2) is 13.1 Å². The molecule has 0 bridgehead atoms. The smallest absolute Gasteiger partial charge is 0.241 e. The first kappa shape index (κ1) is 15.9. The molecular weight excluding hydrogens is 292 g/mol. The first-order valence-electron chi connectivity index (χ1n) is 6.70. The van der Waals surface area contributed by atoms with Crippen LogP contribution in [0.4, 0.5) is 0 Å². The van der Waals surface area contributed by atoms with Gasteiger partial charge < -0.3 is 9.84 Å². The summed E-state index contributed by atoms with van der Waals surface area (Å²) in [5.74, 6) is 0. The summed E-state index contributed by atoms with van der Waals surface area (Å²) in [4.78, 5) is 0.128. The quantitative estimate of drug-likeness (QED) is 0.828. The summed E-state index contributed by atoms with van der Waals surface area (Å²) in [5.41, 5.74) is -0.0954. The molecule has 1 saturated heterocycles. The molecule has 0 atom stereocenters. The molecule has 1 aliphatic rings. The summed E-state index contributed by atoms with van der Waals surface area (Å²) in [6.45, 7) is 0.580. The number of aliphatic hydroxyl groups is 1. The van der Waals surface area contributed by atoms with E-state index in [1.54, 1.807) is 12.1 Å². The van der Waals surface area contributed by atoms with Crippen LogP contribution in [0.3, 0.4) is 0 Å². The molecule has 7 heteroatoms. The van der Waals surface area contributed by atoms with Gasteiger partial charge in [0.05, 0.1) is 29.5 Å². The van der Waals surface area contributed by atoms with Gasteiger partial charge in [-0.2, -0.15) is 5.26 Å². The third-order valence-electron chi connectivity index (χ3n) is 3.62. The average molecular weight is 310 g/mol. The van der Waals surface area contributed by atoms with Gasteiger partial charge in [0.25, 0.3) is 0 Å². The molecule has 0 unspecified atom stereocenters. The Morgan fingerprint density at radius 1 is 1.29 bits per heavy atom.